The van der Waals surface area contributed by atoms with Crippen molar-refractivity contribution < 1.29 is 14.6 Å². The molecule has 6 nitrogen and oxygen atoms in total. The number of carboxylic acid groups (broad SMARTS) is 1. The van der Waals surface area contributed by atoms with Gasteiger partial charge in [0.05, 0.1) is 5.56 Å². The van der Waals surface area contributed by atoms with E-state index in [0.717, 1.165) is 5.69 Å². The zero-order valence-electron chi connectivity index (χ0n) is 8.77. The largest absolute Gasteiger partial charge is 0.478 e. The number of nitrogens with one attached hydrogen (secondary N) is 1. The highest BCUT2D eigenvalue weighted by molar-refractivity contribution is 6.34. The Balaban J connectivity index is 2.33. The van der Waals surface area contributed by atoms with Gasteiger partial charge >= 0.3 is 5.97 Å². The molecule has 0 aliphatic heterocycles. The van der Waals surface area contributed by atoms with Crippen LogP contribution in [-0.2, 0) is 0 Å². The fourth-order valence-electron chi connectivity index (χ4n) is 1.21. The van der Waals surface area contributed by atoms with E-state index in [-0.39, 0.29) is 22.3 Å². The van der Waals surface area contributed by atoms with Crippen molar-refractivity contribution in [1.82, 2.24) is 15.2 Å². The third-order valence-corrected chi connectivity index (χ3v) is 2.34. The Morgan fingerprint density at radius 1 is 1.59 bits per heavy atom. The van der Waals surface area contributed by atoms with Gasteiger partial charge in [0.1, 0.15) is 5.02 Å². The number of H-pyrrole nitrogens is 1. The Kier molecular flexibility index (Phi) is 2.97. The molecule has 2 heterocycles. The summed E-state index contributed by atoms with van der Waals surface area (Å²) in [5.74, 6) is -0.849. The Morgan fingerprint density at radius 3 is 2.94 bits per heavy atom. The number of carboxylic acids is 1. The van der Waals surface area contributed by atoms with Gasteiger partial charge in [-0.2, -0.15) is 0 Å². The molecule has 0 aliphatic rings. The van der Waals surface area contributed by atoms with Crippen molar-refractivity contribution >= 4 is 17.6 Å². The number of pyridine rings is 1. The fraction of sp³-hybridized carbons (Fsp3) is 0.100. The monoisotopic (exact) mass is 253 g/mol. The quantitative estimate of drug-likeness (QED) is 0.876. The zero-order valence-corrected chi connectivity index (χ0v) is 9.52. The minimum atomic E-state index is -1.14. The van der Waals surface area contributed by atoms with Gasteiger partial charge < -0.3 is 9.84 Å². The number of ether oxygens (including phenoxy) is 1. The average molecular weight is 254 g/mol. The first kappa shape index (κ1) is 11.4. The maximum Gasteiger partial charge on any atom is 0.337 e. The highest BCUT2D eigenvalue weighted by atomic mass is 35.5. The van der Waals surface area contributed by atoms with E-state index in [0.29, 0.717) is 0 Å². The molecule has 0 aliphatic carbocycles. The first-order chi connectivity index (χ1) is 8.08. The zero-order chi connectivity index (χ0) is 12.4. The van der Waals surface area contributed by atoms with Crippen LogP contribution in [0.1, 0.15) is 16.1 Å². The van der Waals surface area contributed by atoms with Crippen LogP contribution < -0.4 is 4.74 Å². The molecule has 0 fully saturated rings. The highest BCUT2D eigenvalue weighted by Gasteiger charge is 2.15. The van der Waals surface area contributed by atoms with Crippen LogP contribution in [0, 0.1) is 6.92 Å². The SMILES string of the molecule is Cc1cc(Oc2nccc(C(=O)O)c2Cl)n[nH]1. The number of hydrogen-bond donors (Lipinski definition) is 2. The van der Waals surface area contributed by atoms with E-state index in [2.05, 4.69) is 15.2 Å². The number of aromatic amines is 1. The molecule has 0 spiro atoms. The van der Waals surface area contributed by atoms with Crippen molar-refractivity contribution in [3.8, 4) is 11.8 Å². The third-order valence-electron chi connectivity index (χ3n) is 1.97. The van der Waals surface area contributed by atoms with Crippen LogP contribution in [0.3, 0.4) is 0 Å². The van der Waals surface area contributed by atoms with Gasteiger partial charge in [-0.05, 0) is 13.0 Å². The first-order valence-electron chi connectivity index (χ1n) is 4.65. The number of carbonyl (C=O) groups is 1. The summed E-state index contributed by atoms with van der Waals surface area (Å²) in [7, 11) is 0. The van der Waals surface area contributed by atoms with Gasteiger partial charge in [-0.1, -0.05) is 11.6 Å². The lowest BCUT2D eigenvalue weighted by molar-refractivity contribution is 0.0696. The summed E-state index contributed by atoms with van der Waals surface area (Å²) in [6.07, 6.45) is 1.31. The van der Waals surface area contributed by atoms with E-state index in [1.807, 2.05) is 6.92 Å². The Bertz CT molecular complexity index is 568. The van der Waals surface area contributed by atoms with Crippen molar-refractivity contribution in [3.05, 3.63) is 34.6 Å². The van der Waals surface area contributed by atoms with E-state index < -0.39 is 5.97 Å². The minimum absolute atomic E-state index is 0.0121. The van der Waals surface area contributed by atoms with Crippen molar-refractivity contribution in [1.29, 1.82) is 0 Å². The molecule has 0 saturated heterocycles. The molecule has 0 bridgehead atoms. The van der Waals surface area contributed by atoms with Crippen LogP contribution in [0.2, 0.25) is 5.02 Å². The molecule has 0 unspecified atom stereocenters. The van der Waals surface area contributed by atoms with Gasteiger partial charge in [0.15, 0.2) is 0 Å². The number of aryl methyl sites for hydroxylation is 1. The number of hydrogen-bond acceptors (Lipinski definition) is 4. The molecule has 7 heteroatoms. The average Bonchev–Trinajstić information content (AvgIpc) is 2.67. The lowest BCUT2D eigenvalue weighted by Gasteiger charge is -2.04. The van der Waals surface area contributed by atoms with Crippen LogP contribution in [0.25, 0.3) is 0 Å². The van der Waals surface area contributed by atoms with Crippen molar-refractivity contribution in [2.45, 2.75) is 6.92 Å². The second-order valence-electron chi connectivity index (χ2n) is 3.27. The summed E-state index contributed by atoms with van der Waals surface area (Å²) >= 11 is 5.85. The number of rotatable bonds is 3. The Hall–Kier alpha value is -2.08. The van der Waals surface area contributed by atoms with E-state index in [1.165, 1.54) is 12.3 Å². The van der Waals surface area contributed by atoms with Gasteiger partial charge in [0.25, 0.3) is 0 Å². The lowest BCUT2D eigenvalue weighted by Crippen LogP contribution is -2.00. The molecule has 88 valence electrons. The second kappa shape index (κ2) is 4.42. The van der Waals surface area contributed by atoms with Gasteiger partial charge in [0.2, 0.25) is 11.8 Å². The maximum absolute atomic E-state index is 10.8. The summed E-state index contributed by atoms with van der Waals surface area (Å²) in [5, 5.41) is 15.3. The van der Waals surface area contributed by atoms with E-state index in [4.69, 9.17) is 21.4 Å². The molecule has 2 aromatic heterocycles. The topological polar surface area (TPSA) is 88.1 Å². The normalized spacial score (nSPS) is 10.2. The highest BCUT2D eigenvalue weighted by Crippen LogP contribution is 2.29. The van der Waals surface area contributed by atoms with Gasteiger partial charge in [0, 0.05) is 18.0 Å². The summed E-state index contributed by atoms with van der Waals surface area (Å²) in [6.45, 7) is 1.81. The third kappa shape index (κ3) is 2.36. The first-order valence-corrected chi connectivity index (χ1v) is 5.03. The Labute approximate surface area is 101 Å². The van der Waals surface area contributed by atoms with E-state index in [1.54, 1.807) is 6.07 Å². The Morgan fingerprint density at radius 2 is 2.35 bits per heavy atom. The standard InChI is InChI=1S/C10H8ClN3O3/c1-5-4-7(14-13-5)17-9-8(11)6(10(15)16)2-3-12-9/h2-4H,1H3,(H,13,14)(H,15,16). The van der Waals surface area contributed by atoms with Crippen LogP contribution >= 0.6 is 11.6 Å². The molecule has 0 saturated carbocycles. The molecule has 2 rings (SSSR count). The van der Waals surface area contributed by atoms with E-state index >= 15 is 0 Å². The number of aromatic carboxylic acids is 1. The summed E-state index contributed by atoms with van der Waals surface area (Å²) in [5.41, 5.74) is 0.745. The predicted octanol–water partition coefficient (Wildman–Crippen LogP) is 2.26. The van der Waals surface area contributed by atoms with Crippen molar-refractivity contribution in [3.63, 3.8) is 0 Å². The van der Waals surface area contributed by atoms with Crippen LogP contribution in [0.5, 0.6) is 11.8 Å². The van der Waals surface area contributed by atoms with Crippen LogP contribution in [-0.4, -0.2) is 26.3 Å². The van der Waals surface area contributed by atoms with Crippen molar-refractivity contribution in [2.24, 2.45) is 0 Å². The predicted molar refractivity (Wildman–Crippen MR) is 59.6 cm³/mol. The molecule has 2 aromatic rings. The molecule has 0 radical (unpaired) electrons. The molecular formula is C10H8ClN3O3. The van der Waals surface area contributed by atoms with E-state index in [9.17, 15) is 4.79 Å². The number of halogens is 1. The van der Waals surface area contributed by atoms with Crippen LogP contribution in [0.4, 0.5) is 0 Å². The van der Waals surface area contributed by atoms with Crippen molar-refractivity contribution in [2.75, 3.05) is 0 Å². The maximum atomic E-state index is 10.8. The second-order valence-corrected chi connectivity index (χ2v) is 3.65. The summed E-state index contributed by atoms with van der Waals surface area (Å²) in [4.78, 5) is 14.7. The summed E-state index contributed by atoms with van der Waals surface area (Å²) < 4.78 is 5.27. The smallest absolute Gasteiger partial charge is 0.337 e. The molecule has 0 atom stereocenters. The van der Waals surface area contributed by atoms with Crippen LogP contribution in [0.15, 0.2) is 18.3 Å². The molecular weight excluding hydrogens is 246 g/mol. The number of nitrogens with zero attached hydrogens (tertiary/aromatic N) is 2. The van der Waals surface area contributed by atoms with Gasteiger partial charge in [-0.25, -0.2) is 9.78 Å². The van der Waals surface area contributed by atoms with Gasteiger partial charge in [-0.15, -0.1) is 5.10 Å². The molecule has 17 heavy (non-hydrogen) atoms. The summed E-state index contributed by atoms with van der Waals surface area (Å²) in [6, 6.07) is 2.94. The fourth-order valence-corrected chi connectivity index (χ4v) is 1.44. The lowest BCUT2D eigenvalue weighted by atomic mass is 10.3. The molecule has 0 aromatic carbocycles. The molecule has 2 N–H and O–H groups in total. The minimum Gasteiger partial charge on any atom is -0.478 e. The van der Waals surface area contributed by atoms with Gasteiger partial charge in [-0.3, -0.25) is 5.10 Å². The number of aromatic nitrogens is 3. The molecule has 0 amide bonds.